The van der Waals surface area contributed by atoms with E-state index in [9.17, 15) is 9.59 Å². The number of urea groups is 1. The van der Waals surface area contributed by atoms with E-state index in [0.29, 0.717) is 17.8 Å². The highest BCUT2D eigenvalue weighted by molar-refractivity contribution is 6.05. The Bertz CT molecular complexity index is 1070. The highest BCUT2D eigenvalue weighted by atomic mass is 16.2. The van der Waals surface area contributed by atoms with Crippen LogP contribution < -0.4 is 15.5 Å². The maximum atomic E-state index is 12.8. The summed E-state index contributed by atoms with van der Waals surface area (Å²) < 4.78 is 1.73. The fourth-order valence-electron chi connectivity index (χ4n) is 3.61. The number of hydrogen-bond donors (Lipinski definition) is 2. The Morgan fingerprint density at radius 1 is 1.10 bits per heavy atom. The van der Waals surface area contributed by atoms with Crippen LogP contribution in [0, 0.1) is 0 Å². The van der Waals surface area contributed by atoms with Crippen LogP contribution in [-0.4, -0.2) is 35.3 Å². The molecular weight excluding hydrogens is 366 g/mol. The molecule has 29 heavy (non-hydrogen) atoms. The molecule has 1 aromatic heterocycles. The summed E-state index contributed by atoms with van der Waals surface area (Å²) in [6, 6.07) is 13.0. The van der Waals surface area contributed by atoms with Crippen LogP contribution in [0.15, 0.2) is 54.9 Å². The van der Waals surface area contributed by atoms with Crippen molar-refractivity contribution in [1.82, 2.24) is 15.1 Å². The van der Waals surface area contributed by atoms with Crippen molar-refractivity contribution < 1.29 is 9.59 Å². The smallest absolute Gasteiger partial charge is 0.321 e. The molecule has 2 aromatic carbocycles. The first kappa shape index (κ1) is 18.7. The molecule has 1 aliphatic rings. The van der Waals surface area contributed by atoms with Crippen LogP contribution in [0.5, 0.6) is 0 Å². The predicted octanol–water partition coefficient (Wildman–Crippen LogP) is 3.43. The van der Waals surface area contributed by atoms with E-state index >= 15 is 0 Å². The van der Waals surface area contributed by atoms with Crippen LogP contribution in [0.25, 0.3) is 11.1 Å². The monoisotopic (exact) mass is 389 g/mol. The molecular formula is C22H23N5O2. The van der Waals surface area contributed by atoms with Gasteiger partial charge in [-0.25, -0.2) is 4.79 Å². The third-order valence-electron chi connectivity index (χ3n) is 5.08. The summed E-state index contributed by atoms with van der Waals surface area (Å²) in [5, 5.41) is 9.81. The largest absolute Gasteiger partial charge is 0.341 e. The SMILES string of the molecule is CNC(=O)N1CCCc2ccc(NC(=O)c3cccc(-c4cnn(C)c4)c3)cc21. The lowest BCUT2D eigenvalue weighted by molar-refractivity contribution is 0.102. The number of nitrogens with one attached hydrogen (secondary N) is 2. The van der Waals surface area contributed by atoms with Gasteiger partial charge in [0.1, 0.15) is 0 Å². The van der Waals surface area contributed by atoms with E-state index in [1.165, 1.54) is 0 Å². The number of aryl methyl sites for hydroxylation is 2. The average molecular weight is 389 g/mol. The van der Waals surface area contributed by atoms with Crippen molar-refractivity contribution in [3.05, 3.63) is 66.0 Å². The fourth-order valence-corrected chi connectivity index (χ4v) is 3.61. The van der Waals surface area contributed by atoms with Gasteiger partial charge < -0.3 is 10.6 Å². The molecule has 3 aromatic rings. The summed E-state index contributed by atoms with van der Waals surface area (Å²) in [5.74, 6) is -0.196. The number of amides is 3. The van der Waals surface area contributed by atoms with E-state index in [-0.39, 0.29) is 11.9 Å². The number of hydrogen-bond acceptors (Lipinski definition) is 3. The van der Waals surface area contributed by atoms with Crippen molar-refractivity contribution in [2.45, 2.75) is 12.8 Å². The summed E-state index contributed by atoms with van der Waals surface area (Å²) in [7, 11) is 3.48. The lowest BCUT2D eigenvalue weighted by Gasteiger charge is -2.29. The van der Waals surface area contributed by atoms with Gasteiger partial charge >= 0.3 is 6.03 Å². The Labute approximate surface area is 169 Å². The molecule has 2 heterocycles. The van der Waals surface area contributed by atoms with Gasteiger partial charge in [0.05, 0.1) is 11.9 Å². The van der Waals surface area contributed by atoms with E-state index in [1.807, 2.05) is 49.6 Å². The Morgan fingerprint density at radius 2 is 1.97 bits per heavy atom. The van der Waals surface area contributed by atoms with Gasteiger partial charge in [-0.1, -0.05) is 18.2 Å². The molecule has 0 saturated heterocycles. The molecule has 7 nitrogen and oxygen atoms in total. The van der Waals surface area contributed by atoms with E-state index in [1.54, 1.807) is 28.9 Å². The van der Waals surface area contributed by atoms with Gasteiger partial charge in [-0.3, -0.25) is 14.4 Å². The third kappa shape index (κ3) is 3.85. The van der Waals surface area contributed by atoms with Gasteiger partial charge in [0, 0.05) is 43.7 Å². The molecule has 0 aliphatic carbocycles. The van der Waals surface area contributed by atoms with Crippen LogP contribution in [-0.2, 0) is 13.5 Å². The molecule has 0 unspecified atom stereocenters. The maximum absolute atomic E-state index is 12.8. The van der Waals surface area contributed by atoms with Gasteiger partial charge in [-0.05, 0) is 48.2 Å². The second-order valence-corrected chi connectivity index (χ2v) is 7.09. The summed E-state index contributed by atoms with van der Waals surface area (Å²) in [5.41, 5.74) is 5.07. The fraction of sp³-hybridized carbons (Fsp3) is 0.227. The highest BCUT2D eigenvalue weighted by Gasteiger charge is 2.22. The molecule has 0 radical (unpaired) electrons. The number of rotatable bonds is 3. The van der Waals surface area contributed by atoms with Gasteiger partial charge in [0.25, 0.3) is 5.91 Å². The van der Waals surface area contributed by atoms with Gasteiger partial charge in [-0.15, -0.1) is 0 Å². The average Bonchev–Trinajstić information content (AvgIpc) is 3.19. The molecule has 0 bridgehead atoms. The number of aromatic nitrogens is 2. The molecule has 148 valence electrons. The first-order valence-corrected chi connectivity index (χ1v) is 9.58. The van der Waals surface area contributed by atoms with Crippen LogP contribution in [0.1, 0.15) is 22.3 Å². The Balaban J connectivity index is 1.57. The van der Waals surface area contributed by atoms with Crippen LogP contribution in [0.3, 0.4) is 0 Å². The zero-order chi connectivity index (χ0) is 20.4. The number of nitrogens with zero attached hydrogens (tertiary/aromatic N) is 3. The lowest BCUT2D eigenvalue weighted by atomic mass is 10.0. The van der Waals surface area contributed by atoms with Crippen molar-refractivity contribution in [1.29, 1.82) is 0 Å². The highest BCUT2D eigenvalue weighted by Crippen LogP contribution is 2.30. The molecule has 0 atom stereocenters. The van der Waals surface area contributed by atoms with Crippen molar-refractivity contribution in [2.75, 3.05) is 23.8 Å². The Morgan fingerprint density at radius 3 is 2.72 bits per heavy atom. The quantitative estimate of drug-likeness (QED) is 0.720. The molecule has 0 spiro atoms. The topological polar surface area (TPSA) is 79.3 Å². The normalized spacial score (nSPS) is 13.0. The first-order chi connectivity index (χ1) is 14.0. The molecule has 1 aliphatic heterocycles. The van der Waals surface area contributed by atoms with Gasteiger partial charge in [0.15, 0.2) is 0 Å². The minimum atomic E-state index is -0.196. The lowest BCUT2D eigenvalue weighted by Crippen LogP contribution is -2.41. The zero-order valence-corrected chi connectivity index (χ0v) is 16.5. The number of fused-ring (bicyclic) bond motifs is 1. The van der Waals surface area contributed by atoms with E-state index in [4.69, 9.17) is 0 Å². The maximum Gasteiger partial charge on any atom is 0.321 e. The molecule has 4 rings (SSSR count). The van der Waals surface area contributed by atoms with Crippen LogP contribution >= 0.6 is 0 Å². The minimum absolute atomic E-state index is 0.140. The van der Waals surface area contributed by atoms with E-state index in [2.05, 4.69) is 15.7 Å². The standard InChI is InChI=1S/C22H23N5O2/c1-23-22(29)27-10-4-7-15-8-9-19(12-20(15)27)25-21(28)17-6-3-5-16(11-17)18-13-24-26(2)14-18/h3,5-6,8-9,11-14H,4,7,10H2,1-2H3,(H,23,29)(H,25,28). The molecule has 3 amide bonds. The number of anilines is 2. The number of carbonyl (C=O) groups excluding carboxylic acids is 2. The summed E-state index contributed by atoms with van der Waals surface area (Å²) in [6.07, 6.45) is 5.53. The van der Waals surface area contributed by atoms with Crippen molar-refractivity contribution in [2.24, 2.45) is 7.05 Å². The Kier molecular flexibility index (Phi) is 5.03. The number of benzene rings is 2. The summed E-state index contributed by atoms with van der Waals surface area (Å²) >= 11 is 0. The Hall–Kier alpha value is -3.61. The van der Waals surface area contributed by atoms with Crippen molar-refractivity contribution in [3.63, 3.8) is 0 Å². The predicted molar refractivity (Wildman–Crippen MR) is 113 cm³/mol. The summed E-state index contributed by atoms with van der Waals surface area (Å²) in [4.78, 5) is 26.7. The molecule has 2 N–H and O–H groups in total. The second kappa shape index (κ2) is 7.79. The van der Waals surface area contributed by atoms with Crippen molar-refractivity contribution >= 4 is 23.3 Å². The zero-order valence-electron chi connectivity index (χ0n) is 16.5. The molecule has 0 fully saturated rings. The molecule has 0 saturated carbocycles. The number of carbonyl (C=O) groups is 2. The van der Waals surface area contributed by atoms with Gasteiger partial charge in [-0.2, -0.15) is 5.10 Å². The summed E-state index contributed by atoms with van der Waals surface area (Å²) in [6.45, 7) is 0.664. The van der Waals surface area contributed by atoms with Gasteiger partial charge in [0.2, 0.25) is 0 Å². The third-order valence-corrected chi connectivity index (χ3v) is 5.08. The van der Waals surface area contributed by atoms with E-state index < -0.39 is 0 Å². The minimum Gasteiger partial charge on any atom is -0.341 e. The first-order valence-electron chi connectivity index (χ1n) is 9.58. The molecule has 7 heteroatoms. The van der Waals surface area contributed by atoms with Crippen LogP contribution in [0.2, 0.25) is 0 Å². The second-order valence-electron chi connectivity index (χ2n) is 7.09. The van der Waals surface area contributed by atoms with Crippen molar-refractivity contribution in [3.8, 4) is 11.1 Å². The van der Waals surface area contributed by atoms with E-state index in [0.717, 1.165) is 35.2 Å². The van der Waals surface area contributed by atoms with Crippen LogP contribution in [0.4, 0.5) is 16.2 Å².